The Kier molecular flexibility index (Phi) is 8.93. The Bertz CT molecular complexity index is 154. The van der Waals surface area contributed by atoms with Gasteiger partial charge in [0, 0.05) is 14.2 Å². The highest BCUT2D eigenvalue weighted by Crippen LogP contribution is 2.14. The lowest BCUT2D eigenvalue weighted by atomic mass is 10.8. The van der Waals surface area contributed by atoms with Gasteiger partial charge in [0.15, 0.2) is 0 Å². The molecule has 0 aliphatic rings. The molecular weight excluding hydrogens is 212 g/mol. The zero-order valence-corrected chi connectivity index (χ0v) is 11.0. The normalized spacial score (nSPS) is 11.7. The minimum absolute atomic E-state index is 0.551. The van der Waals surface area contributed by atoms with Crippen LogP contribution in [0.25, 0.3) is 0 Å². The fourth-order valence-electron chi connectivity index (χ4n) is 1.10. The van der Waals surface area contributed by atoms with Gasteiger partial charge in [-0.1, -0.05) is 6.92 Å². The van der Waals surface area contributed by atoms with Crippen molar-refractivity contribution in [3.05, 3.63) is 12.3 Å². The summed E-state index contributed by atoms with van der Waals surface area (Å²) >= 11 is 0. The highest BCUT2D eigenvalue weighted by atomic mass is 28.4. The smallest absolute Gasteiger partial charge is 0.364 e. The van der Waals surface area contributed by atoms with E-state index in [1.807, 2.05) is 12.6 Å². The molecule has 0 saturated carbocycles. The lowest BCUT2D eigenvalue weighted by Gasteiger charge is -2.26. The zero-order chi connectivity index (χ0) is 11.6. The third-order valence-corrected chi connectivity index (χ3v) is 5.06. The first kappa shape index (κ1) is 14.8. The Morgan fingerprint density at radius 3 is 1.73 bits per heavy atom. The first-order valence-corrected chi connectivity index (χ1v) is 7.24. The maximum absolute atomic E-state index is 5.73. The molecule has 90 valence electrons. The predicted molar refractivity (Wildman–Crippen MR) is 62.1 cm³/mol. The van der Waals surface area contributed by atoms with Crippen molar-refractivity contribution in [1.82, 2.24) is 0 Å². The monoisotopic (exact) mass is 234 g/mol. The van der Waals surface area contributed by atoms with Crippen LogP contribution in [0.15, 0.2) is 12.3 Å². The van der Waals surface area contributed by atoms with E-state index in [0.29, 0.717) is 26.4 Å². The molecule has 0 spiro atoms. The summed E-state index contributed by atoms with van der Waals surface area (Å²) in [6, 6.07) is 0.851. The number of hydrogen-bond donors (Lipinski definition) is 0. The molecule has 0 rings (SSSR count). The molecule has 0 bridgehead atoms. The van der Waals surface area contributed by atoms with E-state index in [4.69, 9.17) is 18.3 Å². The van der Waals surface area contributed by atoms with Gasteiger partial charge in [-0.3, -0.25) is 0 Å². The molecule has 0 heterocycles. The third kappa shape index (κ3) is 6.06. The van der Waals surface area contributed by atoms with E-state index < -0.39 is 8.56 Å². The minimum atomic E-state index is -2.21. The van der Waals surface area contributed by atoms with Gasteiger partial charge in [-0.2, -0.15) is 0 Å². The van der Waals surface area contributed by atoms with E-state index >= 15 is 0 Å². The molecule has 0 amide bonds. The Balaban J connectivity index is 3.99. The third-order valence-electron chi connectivity index (χ3n) is 2.07. The van der Waals surface area contributed by atoms with Gasteiger partial charge in [0.2, 0.25) is 0 Å². The second-order valence-corrected chi connectivity index (χ2v) is 6.37. The second kappa shape index (κ2) is 9.05. The summed E-state index contributed by atoms with van der Waals surface area (Å²) in [5.41, 5.74) is 1.82. The van der Waals surface area contributed by atoms with Crippen molar-refractivity contribution in [3.63, 3.8) is 0 Å². The number of hydrogen-bond acceptors (Lipinski definition) is 4. The van der Waals surface area contributed by atoms with E-state index in [1.165, 1.54) is 0 Å². The van der Waals surface area contributed by atoms with Crippen LogP contribution in [0.1, 0.15) is 6.92 Å². The van der Waals surface area contributed by atoms with Crippen LogP contribution in [0.2, 0.25) is 6.04 Å². The minimum Gasteiger partial charge on any atom is -0.389 e. The molecule has 0 aromatic carbocycles. The molecule has 15 heavy (non-hydrogen) atoms. The zero-order valence-electron chi connectivity index (χ0n) is 9.95. The van der Waals surface area contributed by atoms with Gasteiger partial charge >= 0.3 is 8.56 Å². The lowest BCUT2D eigenvalue weighted by Crippen LogP contribution is -2.41. The summed E-state index contributed by atoms with van der Waals surface area (Å²) in [6.45, 7) is 8.10. The second-order valence-electron chi connectivity index (χ2n) is 3.05. The molecule has 4 nitrogen and oxygen atoms in total. The van der Waals surface area contributed by atoms with Crippen LogP contribution < -0.4 is 0 Å². The van der Waals surface area contributed by atoms with Crippen molar-refractivity contribution in [2.75, 3.05) is 40.6 Å². The molecule has 5 heteroatoms. The fourth-order valence-corrected chi connectivity index (χ4v) is 2.98. The summed E-state index contributed by atoms with van der Waals surface area (Å²) in [5, 5.41) is 0. The summed E-state index contributed by atoms with van der Waals surface area (Å²) in [7, 11) is 1.09. The van der Waals surface area contributed by atoms with E-state index in [2.05, 4.69) is 6.58 Å². The van der Waals surface area contributed by atoms with Crippen LogP contribution in [-0.2, 0) is 18.3 Å². The van der Waals surface area contributed by atoms with E-state index in [0.717, 1.165) is 6.04 Å². The fraction of sp³-hybridized carbons (Fsp3) is 0.800. The lowest BCUT2D eigenvalue weighted by molar-refractivity contribution is 0.0915. The highest BCUT2D eigenvalue weighted by Gasteiger charge is 2.31. The Morgan fingerprint density at radius 2 is 1.47 bits per heavy atom. The van der Waals surface area contributed by atoms with Gasteiger partial charge in [0.05, 0.1) is 26.4 Å². The van der Waals surface area contributed by atoms with Crippen LogP contribution in [0.5, 0.6) is 0 Å². The van der Waals surface area contributed by atoms with Crippen molar-refractivity contribution in [2.45, 2.75) is 13.0 Å². The van der Waals surface area contributed by atoms with Crippen molar-refractivity contribution in [3.8, 4) is 0 Å². The molecule has 0 aromatic heterocycles. The summed E-state index contributed by atoms with van der Waals surface area (Å²) < 4.78 is 21.3. The van der Waals surface area contributed by atoms with E-state index in [1.54, 1.807) is 14.2 Å². The average molecular weight is 234 g/mol. The number of rotatable bonds is 10. The van der Waals surface area contributed by atoms with Crippen LogP contribution >= 0.6 is 0 Å². The molecule has 0 aliphatic carbocycles. The molecule has 0 aliphatic heterocycles. The summed E-state index contributed by atoms with van der Waals surface area (Å²) in [4.78, 5) is 0. The van der Waals surface area contributed by atoms with Crippen LogP contribution in [0, 0.1) is 0 Å². The molecular formula is C10H22O4Si. The molecule has 0 unspecified atom stereocenters. The number of ether oxygens (including phenoxy) is 2. The Morgan fingerprint density at radius 1 is 1.00 bits per heavy atom. The van der Waals surface area contributed by atoms with E-state index in [9.17, 15) is 0 Å². The van der Waals surface area contributed by atoms with Gasteiger partial charge in [-0.05, 0) is 11.7 Å². The van der Waals surface area contributed by atoms with Crippen molar-refractivity contribution >= 4 is 8.56 Å². The van der Waals surface area contributed by atoms with E-state index in [-0.39, 0.29) is 0 Å². The van der Waals surface area contributed by atoms with Crippen molar-refractivity contribution < 1.29 is 18.3 Å². The maximum Gasteiger partial charge on any atom is 0.364 e. The summed E-state index contributed by atoms with van der Waals surface area (Å²) in [6.07, 6.45) is 0. The van der Waals surface area contributed by atoms with Crippen LogP contribution in [0.3, 0.4) is 0 Å². The SMILES string of the molecule is C=C[Si](CC)(OCCOC)OCCOC. The first-order chi connectivity index (χ1) is 7.24. The van der Waals surface area contributed by atoms with Gasteiger partial charge in [-0.15, -0.1) is 6.58 Å². The van der Waals surface area contributed by atoms with Gasteiger partial charge in [0.25, 0.3) is 0 Å². The highest BCUT2D eigenvalue weighted by molar-refractivity contribution is 6.72. The first-order valence-electron chi connectivity index (χ1n) is 5.14. The van der Waals surface area contributed by atoms with Crippen LogP contribution in [0.4, 0.5) is 0 Å². The Labute approximate surface area is 93.4 Å². The standard InChI is InChI=1S/C10H22O4Si/c1-5-15(6-2,13-9-7-11-3)14-10-8-12-4/h5H,1,6-10H2,2-4H3. The maximum atomic E-state index is 5.73. The van der Waals surface area contributed by atoms with Gasteiger partial charge in [-0.25, -0.2) is 0 Å². The molecule has 0 saturated heterocycles. The van der Waals surface area contributed by atoms with Gasteiger partial charge in [0.1, 0.15) is 0 Å². The quantitative estimate of drug-likeness (QED) is 0.424. The molecule has 0 radical (unpaired) electrons. The topological polar surface area (TPSA) is 36.9 Å². The summed E-state index contributed by atoms with van der Waals surface area (Å²) in [5.74, 6) is 0. The predicted octanol–water partition coefficient (Wildman–Crippen LogP) is 1.50. The van der Waals surface area contributed by atoms with Crippen LogP contribution in [-0.4, -0.2) is 49.2 Å². The molecule has 0 fully saturated rings. The van der Waals surface area contributed by atoms with Crippen molar-refractivity contribution in [1.29, 1.82) is 0 Å². The van der Waals surface area contributed by atoms with Gasteiger partial charge < -0.3 is 18.3 Å². The number of methoxy groups -OCH3 is 2. The average Bonchev–Trinajstić information content (AvgIpc) is 2.28. The molecule has 0 atom stereocenters. The largest absolute Gasteiger partial charge is 0.389 e. The van der Waals surface area contributed by atoms with Crippen molar-refractivity contribution in [2.24, 2.45) is 0 Å². The Hall–Kier alpha value is -0.203. The molecule has 0 aromatic rings. The molecule has 0 N–H and O–H groups in total.